The van der Waals surface area contributed by atoms with Gasteiger partial charge in [-0.25, -0.2) is 0 Å². The second-order valence-electron chi connectivity index (χ2n) is 4.22. The zero-order valence-electron chi connectivity index (χ0n) is 10.5. The molecule has 19 heavy (non-hydrogen) atoms. The fourth-order valence-corrected chi connectivity index (χ4v) is 1.69. The zero-order chi connectivity index (χ0) is 13.8. The monoisotopic (exact) mass is 251 g/mol. The van der Waals surface area contributed by atoms with Gasteiger partial charge in [-0.15, -0.1) is 0 Å². The molecule has 0 fully saturated rings. The average Bonchev–Trinajstić information content (AvgIpc) is 2.43. The molecule has 0 radical (unpaired) electrons. The number of nitrogens with zero attached hydrogens (tertiary/aromatic N) is 1. The van der Waals surface area contributed by atoms with E-state index in [1.165, 1.54) is 0 Å². The van der Waals surface area contributed by atoms with Gasteiger partial charge in [0.2, 0.25) is 0 Å². The molecule has 0 heterocycles. The minimum atomic E-state index is -0.249. The van der Waals surface area contributed by atoms with Crippen LogP contribution < -0.4 is 11.1 Å². The van der Waals surface area contributed by atoms with Crippen LogP contribution in [0.3, 0.4) is 0 Å². The fraction of sp³-hybridized carbons (Fsp3) is 0.0667. The summed E-state index contributed by atoms with van der Waals surface area (Å²) >= 11 is 0. The standard InChI is InChI=1S/C15H13N3O/c1-10-7-13(5-6-14(10)17)18-15(19)12-4-2-3-11(8-12)9-16/h2-8H,17H2,1H3,(H,18,19). The van der Waals surface area contributed by atoms with Crippen LogP contribution in [0.5, 0.6) is 0 Å². The molecule has 4 heteroatoms. The lowest BCUT2D eigenvalue weighted by atomic mass is 10.1. The smallest absolute Gasteiger partial charge is 0.255 e. The van der Waals surface area contributed by atoms with Crippen molar-refractivity contribution >= 4 is 17.3 Å². The summed E-state index contributed by atoms with van der Waals surface area (Å²) in [5.41, 5.74) is 8.90. The number of benzene rings is 2. The van der Waals surface area contributed by atoms with Gasteiger partial charge in [0, 0.05) is 16.9 Å². The Morgan fingerprint density at radius 2 is 2.05 bits per heavy atom. The molecule has 0 saturated heterocycles. The van der Waals surface area contributed by atoms with Crippen LogP contribution in [0.2, 0.25) is 0 Å². The molecule has 2 aromatic rings. The summed E-state index contributed by atoms with van der Waals surface area (Å²) in [7, 11) is 0. The Morgan fingerprint density at radius 1 is 1.26 bits per heavy atom. The number of nitrogens with two attached hydrogens (primary N) is 1. The number of hydrogen-bond acceptors (Lipinski definition) is 3. The molecule has 0 aliphatic carbocycles. The van der Waals surface area contributed by atoms with E-state index in [-0.39, 0.29) is 5.91 Å². The topological polar surface area (TPSA) is 78.9 Å². The van der Waals surface area contributed by atoms with Crippen LogP contribution in [0.4, 0.5) is 11.4 Å². The summed E-state index contributed by atoms with van der Waals surface area (Å²) < 4.78 is 0. The third-order valence-electron chi connectivity index (χ3n) is 2.78. The van der Waals surface area contributed by atoms with E-state index in [4.69, 9.17) is 11.0 Å². The van der Waals surface area contributed by atoms with Crippen LogP contribution >= 0.6 is 0 Å². The van der Waals surface area contributed by atoms with E-state index in [1.807, 2.05) is 13.0 Å². The van der Waals surface area contributed by atoms with Gasteiger partial charge in [-0.1, -0.05) is 6.07 Å². The fourth-order valence-electron chi connectivity index (χ4n) is 1.69. The third-order valence-corrected chi connectivity index (χ3v) is 2.78. The molecule has 94 valence electrons. The van der Waals surface area contributed by atoms with Crippen molar-refractivity contribution in [2.24, 2.45) is 0 Å². The largest absolute Gasteiger partial charge is 0.399 e. The van der Waals surface area contributed by atoms with Gasteiger partial charge < -0.3 is 11.1 Å². The number of anilines is 2. The van der Waals surface area contributed by atoms with E-state index in [1.54, 1.807) is 42.5 Å². The molecule has 1 amide bonds. The van der Waals surface area contributed by atoms with Crippen molar-refractivity contribution in [2.75, 3.05) is 11.1 Å². The molecular formula is C15H13N3O. The highest BCUT2D eigenvalue weighted by Crippen LogP contribution is 2.17. The zero-order valence-corrected chi connectivity index (χ0v) is 10.5. The maximum absolute atomic E-state index is 12.0. The molecule has 0 bridgehead atoms. The lowest BCUT2D eigenvalue weighted by Crippen LogP contribution is -2.12. The van der Waals surface area contributed by atoms with Crippen molar-refractivity contribution in [2.45, 2.75) is 6.92 Å². The summed E-state index contributed by atoms with van der Waals surface area (Å²) in [6, 6.07) is 13.9. The number of aryl methyl sites for hydroxylation is 1. The number of nitrogens with one attached hydrogen (secondary N) is 1. The SMILES string of the molecule is Cc1cc(NC(=O)c2cccc(C#N)c2)ccc1N. The molecule has 4 nitrogen and oxygen atoms in total. The minimum absolute atomic E-state index is 0.249. The predicted octanol–water partition coefficient (Wildman–Crippen LogP) is 2.70. The number of rotatable bonds is 2. The van der Waals surface area contributed by atoms with Gasteiger partial charge in [-0.05, 0) is 48.9 Å². The van der Waals surface area contributed by atoms with Gasteiger partial charge in [0.25, 0.3) is 5.91 Å². The number of carbonyl (C=O) groups excluding carboxylic acids is 1. The van der Waals surface area contributed by atoms with Gasteiger partial charge in [-0.2, -0.15) is 5.26 Å². The van der Waals surface area contributed by atoms with E-state index >= 15 is 0 Å². The summed E-state index contributed by atoms with van der Waals surface area (Å²) in [6.07, 6.45) is 0. The molecule has 2 rings (SSSR count). The predicted molar refractivity (Wildman–Crippen MR) is 74.7 cm³/mol. The Labute approximate surface area is 111 Å². The van der Waals surface area contributed by atoms with Crippen molar-refractivity contribution in [3.8, 4) is 6.07 Å². The summed E-state index contributed by atoms with van der Waals surface area (Å²) in [5, 5.41) is 11.6. The van der Waals surface area contributed by atoms with Crippen LogP contribution in [-0.2, 0) is 0 Å². The number of nitrogen functional groups attached to an aromatic ring is 1. The van der Waals surface area contributed by atoms with Crippen molar-refractivity contribution in [1.82, 2.24) is 0 Å². The maximum atomic E-state index is 12.0. The van der Waals surface area contributed by atoms with Crippen LogP contribution in [0.25, 0.3) is 0 Å². The number of carbonyl (C=O) groups is 1. The first-order valence-corrected chi connectivity index (χ1v) is 5.78. The normalized spacial score (nSPS) is 9.68. The quantitative estimate of drug-likeness (QED) is 0.805. The number of hydrogen-bond donors (Lipinski definition) is 2. The van der Waals surface area contributed by atoms with Gasteiger partial charge in [0.1, 0.15) is 0 Å². The Bertz CT molecular complexity index is 671. The molecule has 0 spiro atoms. The van der Waals surface area contributed by atoms with E-state index in [0.717, 1.165) is 5.56 Å². The van der Waals surface area contributed by atoms with Crippen molar-refractivity contribution < 1.29 is 4.79 Å². The molecule has 0 atom stereocenters. The molecule has 0 saturated carbocycles. The van der Waals surface area contributed by atoms with Gasteiger partial charge in [-0.3, -0.25) is 4.79 Å². The lowest BCUT2D eigenvalue weighted by molar-refractivity contribution is 0.102. The Kier molecular flexibility index (Phi) is 3.48. The second-order valence-corrected chi connectivity index (χ2v) is 4.22. The van der Waals surface area contributed by atoms with Crippen LogP contribution in [0, 0.1) is 18.3 Å². The van der Waals surface area contributed by atoms with E-state index in [0.29, 0.717) is 22.5 Å². The average molecular weight is 251 g/mol. The lowest BCUT2D eigenvalue weighted by Gasteiger charge is -2.07. The molecule has 0 aromatic heterocycles. The van der Waals surface area contributed by atoms with E-state index in [2.05, 4.69) is 5.32 Å². The van der Waals surface area contributed by atoms with Crippen LogP contribution in [0.1, 0.15) is 21.5 Å². The van der Waals surface area contributed by atoms with Crippen molar-refractivity contribution in [3.05, 3.63) is 59.2 Å². The molecule has 0 aliphatic rings. The minimum Gasteiger partial charge on any atom is -0.399 e. The van der Waals surface area contributed by atoms with Crippen molar-refractivity contribution in [3.63, 3.8) is 0 Å². The Morgan fingerprint density at radius 3 is 2.74 bits per heavy atom. The first-order valence-electron chi connectivity index (χ1n) is 5.78. The second kappa shape index (κ2) is 5.23. The van der Waals surface area contributed by atoms with Gasteiger partial charge in [0.15, 0.2) is 0 Å². The van der Waals surface area contributed by atoms with Crippen LogP contribution in [-0.4, -0.2) is 5.91 Å². The molecule has 0 unspecified atom stereocenters. The molecule has 0 aliphatic heterocycles. The molecule has 3 N–H and O–H groups in total. The summed E-state index contributed by atoms with van der Waals surface area (Å²) in [5.74, 6) is -0.249. The van der Waals surface area contributed by atoms with Gasteiger partial charge >= 0.3 is 0 Å². The first-order chi connectivity index (χ1) is 9.10. The maximum Gasteiger partial charge on any atom is 0.255 e. The highest BCUT2D eigenvalue weighted by atomic mass is 16.1. The highest BCUT2D eigenvalue weighted by Gasteiger charge is 2.07. The van der Waals surface area contributed by atoms with Crippen molar-refractivity contribution in [1.29, 1.82) is 5.26 Å². The van der Waals surface area contributed by atoms with Gasteiger partial charge in [0.05, 0.1) is 11.6 Å². The van der Waals surface area contributed by atoms with Crippen LogP contribution in [0.15, 0.2) is 42.5 Å². The first kappa shape index (κ1) is 12.7. The Hall–Kier alpha value is -2.80. The summed E-state index contributed by atoms with van der Waals surface area (Å²) in [4.78, 5) is 12.0. The third kappa shape index (κ3) is 2.90. The van der Waals surface area contributed by atoms with E-state index in [9.17, 15) is 4.79 Å². The highest BCUT2D eigenvalue weighted by molar-refractivity contribution is 6.04. The molecular weight excluding hydrogens is 238 g/mol. The van der Waals surface area contributed by atoms with E-state index < -0.39 is 0 Å². The summed E-state index contributed by atoms with van der Waals surface area (Å²) in [6.45, 7) is 1.88. The number of nitriles is 1. The Balaban J connectivity index is 2.21. The molecule has 2 aromatic carbocycles. The number of amides is 1.